The molecule has 1 amide bonds. The number of aliphatic carboxylic acids is 1. The highest BCUT2D eigenvalue weighted by Crippen LogP contribution is 2.01. The second-order valence-electron chi connectivity index (χ2n) is 4.43. The van der Waals surface area contributed by atoms with Crippen LogP contribution in [0.5, 0.6) is 0 Å². The standard InChI is InChI=1S/C11H21N3O3/c1-13-6-8-14(9-7-13)12-10(15)4-2-3-5-11(16)17/h2-9H2,1H3,(H,12,15)(H,16,17). The highest BCUT2D eigenvalue weighted by atomic mass is 16.4. The summed E-state index contributed by atoms with van der Waals surface area (Å²) in [6.07, 6.45) is 1.73. The molecule has 6 heteroatoms. The van der Waals surface area contributed by atoms with Crippen LogP contribution in [-0.4, -0.2) is 60.1 Å². The van der Waals surface area contributed by atoms with Gasteiger partial charge in [0.2, 0.25) is 5.91 Å². The maximum absolute atomic E-state index is 11.5. The predicted octanol–water partition coefficient (Wildman–Crippen LogP) is -0.0900. The zero-order chi connectivity index (χ0) is 12.7. The molecule has 2 N–H and O–H groups in total. The maximum atomic E-state index is 11.5. The van der Waals surface area contributed by atoms with Gasteiger partial charge in [-0.15, -0.1) is 0 Å². The first-order valence-corrected chi connectivity index (χ1v) is 6.02. The van der Waals surface area contributed by atoms with Crippen LogP contribution < -0.4 is 5.43 Å². The summed E-state index contributed by atoms with van der Waals surface area (Å²) in [4.78, 5) is 24.0. The summed E-state index contributed by atoms with van der Waals surface area (Å²) < 4.78 is 0. The normalized spacial score (nSPS) is 17.9. The number of likely N-dealkylation sites (N-methyl/N-ethyl adjacent to an activating group) is 1. The summed E-state index contributed by atoms with van der Waals surface area (Å²) in [5.41, 5.74) is 2.85. The maximum Gasteiger partial charge on any atom is 0.303 e. The summed E-state index contributed by atoms with van der Waals surface area (Å²) in [6, 6.07) is 0. The van der Waals surface area contributed by atoms with E-state index in [1.807, 2.05) is 5.01 Å². The molecule has 0 aromatic carbocycles. The van der Waals surface area contributed by atoms with E-state index in [-0.39, 0.29) is 12.3 Å². The number of nitrogens with zero attached hydrogens (tertiary/aromatic N) is 2. The molecule has 0 aromatic heterocycles. The van der Waals surface area contributed by atoms with Crippen molar-refractivity contribution in [1.82, 2.24) is 15.3 Å². The number of nitrogens with one attached hydrogen (secondary N) is 1. The van der Waals surface area contributed by atoms with Gasteiger partial charge < -0.3 is 10.0 Å². The fraction of sp³-hybridized carbons (Fsp3) is 0.818. The molecule has 1 fully saturated rings. The van der Waals surface area contributed by atoms with Gasteiger partial charge in [0.25, 0.3) is 0 Å². The molecule has 1 rings (SSSR count). The van der Waals surface area contributed by atoms with Crippen LogP contribution in [0.1, 0.15) is 25.7 Å². The largest absolute Gasteiger partial charge is 0.481 e. The molecule has 0 bridgehead atoms. The van der Waals surface area contributed by atoms with Gasteiger partial charge in [-0.25, -0.2) is 5.01 Å². The Morgan fingerprint density at radius 3 is 2.29 bits per heavy atom. The number of hydrogen-bond donors (Lipinski definition) is 2. The van der Waals surface area contributed by atoms with Crippen molar-refractivity contribution in [1.29, 1.82) is 0 Å². The van der Waals surface area contributed by atoms with Crippen molar-refractivity contribution < 1.29 is 14.7 Å². The fourth-order valence-corrected chi connectivity index (χ4v) is 1.71. The summed E-state index contributed by atoms with van der Waals surface area (Å²) >= 11 is 0. The molecule has 0 atom stereocenters. The van der Waals surface area contributed by atoms with E-state index >= 15 is 0 Å². The smallest absolute Gasteiger partial charge is 0.303 e. The molecule has 0 aliphatic carbocycles. The molecule has 1 heterocycles. The van der Waals surface area contributed by atoms with Crippen LogP contribution in [0.15, 0.2) is 0 Å². The monoisotopic (exact) mass is 243 g/mol. The quantitative estimate of drug-likeness (QED) is 0.638. The molecule has 17 heavy (non-hydrogen) atoms. The third-order valence-corrected chi connectivity index (χ3v) is 2.83. The topological polar surface area (TPSA) is 72.9 Å². The molecule has 0 unspecified atom stereocenters. The van der Waals surface area contributed by atoms with E-state index in [1.54, 1.807) is 0 Å². The van der Waals surface area contributed by atoms with Gasteiger partial charge in [0.1, 0.15) is 0 Å². The number of carboxylic acids is 1. The lowest BCUT2D eigenvalue weighted by Crippen LogP contribution is -2.52. The van der Waals surface area contributed by atoms with Gasteiger partial charge in [-0.05, 0) is 19.9 Å². The minimum absolute atomic E-state index is 0.0139. The van der Waals surface area contributed by atoms with Crippen LogP contribution in [0.4, 0.5) is 0 Å². The molecule has 0 saturated carbocycles. The number of carbonyl (C=O) groups is 2. The van der Waals surface area contributed by atoms with Gasteiger partial charge in [0.05, 0.1) is 0 Å². The Hall–Kier alpha value is -1.14. The zero-order valence-corrected chi connectivity index (χ0v) is 10.3. The zero-order valence-electron chi connectivity index (χ0n) is 10.3. The van der Waals surface area contributed by atoms with E-state index in [2.05, 4.69) is 17.4 Å². The molecular formula is C11H21N3O3. The number of carbonyl (C=O) groups excluding carboxylic acids is 1. The molecule has 98 valence electrons. The van der Waals surface area contributed by atoms with Crippen LogP contribution in [0.3, 0.4) is 0 Å². The first-order valence-electron chi connectivity index (χ1n) is 6.02. The Labute approximate surface area is 102 Å². The third-order valence-electron chi connectivity index (χ3n) is 2.83. The SMILES string of the molecule is CN1CCN(NC(=O)CCCCC(=O)O)CC1. The molecule has 1 saturated heterocycles. The number of hydrazine groups is 1. The van der Waals surface area contributed by atoms with Crippen LogP contribution in [0, 0.1) is 0 Å². The lowest BCUT2D eigenvalue weighted by atomic mass is 10.2. The molecule has 1 aliphatic heterocycles. The number of amides is 1. The molecule has 1 aliphatic rings. The Morgan fingerprint density at radius 2 is 1.71 bits per heavy atom. The second kappa shape index (κ2) is 7.24. The molecular weight excluding hydrogens is 222 g/mol. The van der Waals surface area contributed by atoms with Gasteiger partial charge in [-0.1, -0.05) is 0 Å². The summed E-state index contributed by atoms with van der Waals surface area (Å²) in [5.74, 6) is -0.815. The van der Waals surface area contributed by atoms with Gasteiger partial charge in [-0.3, -0.25) is 15.0 Å². The summed E-state index contributed by atoms with van der Waals surface area (Å²) in [5, 5.41) is 10.4. The van der Waals surface area contributed by atoms with Crippen molar-refractivity contribution in [2.75, 3.05) is 33.2 Å². The van der Waals surface area contributed by atoms with Crippen LogP contribution in [0.25, 0.3) is 0 Å². The number of carboxylic acid groups (broad SMARTS) is 1. The first kappa shape index (κ1) is 13.9. The van der Waals surface area contributed by atoms with Crippen LogP contribution in [0.2, 0.25) is 0 Å². The number of unbranched alkanes of at least 4 members (excludes halogenated alkanes) is 1. The van der Waals surface area contributed by atoms with Crippen molar-refractivity contribution in [3.05, 3.63) is 0 Å². The average molecular weight is 243 g/mol. The lowest BCUT2D eigenvalue weighted by Gasteiger charge is -2.32. The minimum Gasteiger partial charge on any atom is -0.481 e. The van der Waals surface area contributed by atoms with Gasteiger partial charge in [0.15, 0.2) is 0 Å². The average Bonchev–Trinajstić information content (AvgIpc) is 2.27. The van der Waals surface area contributed by atoms with Crippen molar-refractivity contribution in [3.8, 4) is 0 Å². The molecule has 0 radical (unpaired) electrons. The fourth-order valence-electron chi connectivity index (χ4n) is 1.71. The Morgan fingerprint density at radius 1 is 1.12 bits per heavy atom. The van der Waals surface area contributed by atoms with E-state index in [0.29, 0.717) is 19.3 Å². The molecule has 0 spiro atoms. The first-order chi connectivity index (χ1) is 8.08. The third kappa shape index (κ3) is 6.23. The van der Waals surface area contributed by atoms with Gasteiger partial charge >= 0.3 is 5.97 Å². The predicted molar refractivity (Wildman–Crippen MR) is 63.3 cm³/mol. The van der Waals surface area contributed by atoms with Crippen LogP contribution in [-0.2, 0) is 9.59 Å². The second-order valence-corrected chi connectivity index (χ2v) is 4.43. The number of hydrogen-bond acceptors (Lipinski definition) is 4. The van der Waals surface area contributed by atoms with E-state index in [1.165, 1.54) is 0 Å². The number of piperazine rings is 1. The molecule has 0 aromatic rings. The Balaban J connectivity index is 2.06. The van der Waals surface area contributed by atoms with Crippen molar-refractivity contribution in [2.24, 2.45) is 0 Å². The number of rotatable bonds is 6. The summed E-state index contributed by atoms with van der Waals surface area (Å²) in [7, 11) is 2.06. The summed E-state index contributed by atoms with van der Waals surface area (Å²) in [6.45, 7) is 3.60. The van der Waals surface area contributed by atoms with E-state index in [4.69, 9.17) is 5.11 Å². The van der Waals surface area contributed by atoms with E-state index in [9.17, 15) is 9.59 Å². The lowest BCUT2D eigenvalue weighted by molar-refractivity contribution is -0.137. The van der Waals surface area contributed by atoms with E-state index in [0.717, 1.165) is 26.2 Å². The minimum atomic E-state index is -0.801. The van der Waals surface area contributed by atoms with Crippen molar-refractivity contribution in [2.45, 2.75) is 25.7 Å². The Bertz CT molecular complexity index is 263. The van der Waals surface area contributed by atoms with Crippen molar-refractivity contribution in [3.63, 3.8) is 0 Å². The van der Waals surface area contributed by atoms with Gasteiger partial charge in [0, 0.05) is 39.0 Å². The van der Waals surface area contributed by atoms with Crippen molar-refractivity contribution >= 4 is 11.9 Å². The van der Waals surface area contributed by atoms with E-state index < -0.39 is 5.97 Å². The van der Waals surface area contributed by atoms with Crippen LogP contribution >= 0.6 is 0 Å². The highest BCUT2D eigenvalue weighted by molar-refractivity contribution is 5.75. The molecule has 6 nitrogen and oxygen atoms in total. The Kier molecular flexibility index (Phi) is 5.93. The van der Waals surface area contributed by atoms with Gasteiger partial charge in [-0.2, -0.15) is 0 Å². The highest BCUT2D eigenvalue weighted by Gasteiger charge is 2.15.